The molecule has 22 heavy (non-hydrogen) atoms. The smallest absolute Gasteiger partial charge is 0.162 e. The van der Waals surface area contributed by atoms with Crippen LogP contribution in [0.5, 0.6) is 0 Å². The van der Waals surface area contributed by atoms with Crippen molar-refractivity contribution >= 4 is 11.6 Å². The molecule has 2 nitrogen and oxygen atoms in total. The second kappa shape index (κ2) is 6.36. The molecular weight excluding hydrogens is 272 g/mol. The molecule has 0 aromatic heterocycles. The number of hydrogen-bond acceptors (Lipinski definition) is 2. The molecule has 0 aliphatic heterocycles. The molecule has 2 unspecified atom stereocenters. The highest BCUT2D eigenvalue weighted by Gasteiger charge is 2.55. The summed E-state index contributed by atoms with van der Waals surface area (Å²) in [5.74, 6) is 1.42. The number of hydrogen-bond donors (Lipinski definition) is 0. The number of Topliss-reactive ketones (excluding diaryl/α,β-unsaturated/α-hetero) is 2. The van der Waals surface area contributed by atoms with Gasteiger partial charge in [-0.15, -0.1) is 0 Å². The first-order valence-corrected chi connectivity index (χ1v) is 8.30. The third kappa shape index (κ3) is 3.66. The molecule has 2 aliphatic rings. The lowest BCUT2D eigenvalue weighted by Gasteiger charge is -2.04. The molecule has 0 radical (unpaired) electrons. The predicted octanol–water partition coefficient (Wildman–Crippen LogP) is 4.81. The Hall–Kier alpha value is -1.44. The van der Waals surface area contributed by atoms with E-state index < -0.39 is 0 Å². The van der Waals surface area contributed by atoms with Gasteiger partial charge in [0, 0.05) is 12.8 Å². The lowest BCUT2D eigenvalue weighted by molar-refractivity contribution is -0.114. The highest BCUT2D eigenvalue weighted by molar-refractivity contribution is 5.99. The van der Waals surface area contributed by atoms with Crippen molar-refractivity contribution in [1.29, 1.82) is 0 Å². The van der Waals surface area contributed by atoms with Crippen molar-refractivity contribution in [1.82, 2.24) is 0 Å². The van der Waals surface area contributed by atoms with E-state index in [-0.39, 0.29) is 11.6 Å². The van der Waals surface area contributed by atoms with Crippen LogP contribution in [0.1, 0.15) is 60.3 Å². The lowest BCUT2D eigenvalue weighted by Crippen LogP contribution is -2.03. The van der Waals surface area contributed by atoms with Crippen molar-refractivity contribution in [3.63, 3.8) is 0 Å². The van der Waals surface area contributed by atoms with Gasteiger partial charge in [0.2, 0.25) is 0 Å². The van der Waals surface area contributed by atoms with Gasteiger partial charge in [-0.3, -0.25) is 9.59 Å². The summed E-state index contributed by atoms with van der Waals surface area (Å²) in [6.07, 6.45) is 8.98. The second-order valence-corrected chi connectivity index (χ2v) is 7.53. The maximum atomic E-state index is 12.2. The Balaban J connectivity index is 2.25. The molecule has 2 aliphatic carbocycles. The third-order valence-electron chi connectivity index (χ3n) is 5.53. The third-order valence-corrected chi connectivity index (χ3v) is 5.53. The van der Waals surface area contributed by atoms with Crippen molar-refractivity contribution in [3.05, 3.63) is 34.9 Å². The SMILES string of the molecule is C/C1=C/CC(=O)/C(C)=C\CC(=O)/C(C)=C\C2C(CC1)C2(C)C. The number of ketones is 2. The van der Waals surface area contributed by atoms with Crippen LogP contribution in [-0.4, -0.2) is 11.6 Å². The van der Waals surface area contributed by atoms with E-state index in [1.165, 1.54) is 5.57 Å². The van der Waals surface area contributed by atoms with Crippen LogP contribution < -0.4 is 0 Å². The molecule has 0 aromatic carbocycles. The average molecular weight is 300 g/mol. The maximum absolute atomic E-state index is 12.2. The molecular formula is C20H28O2. The van der Waals surface area contributed by atoms with Crippen LogP contribution in [0.2, 0.25) is 0 Å². The van der Waals surface area contributed by atoms with E-state index in [1.807, 2.05) is 13.8 Å². The first-order valence-electron chi connectivity index (χ1n) is 8.30. The van der Waals surface area contributed by atoms with Gasteiger partial charge in [-0.2, -0.15) is 0 Å². The highest BCUT2D eigenvalue weighted by Crippen LogP contribution is 2.61. The fourth-order valence-electron chi connectivity index (χ4n) is 3.47. The van der Waals surface area contributed by atoms with E-state index in [9.17, 15) is 9.59 Å². The van der Waals surface area contributed by atoms with Crippen molar-refractivity contribution in [2.45, 2.75) is 60.3 Å². The number of allylic oxidation sites excluding steroid dienone is 6. The number of fused-ring (bicyclic) bond motifs is 1. The summed E-state index contributed by atoms with van der Waals surface area (Å²) < 4.78 is 0. The topological polar surface area (TPSA) is 34.1 Å². The van der Waals surface area contributed by atoms with Gasteiger partial charge in [0.05, 0.1) is 0 Å². The van der Waals surface area contributed by atoms with Crippen LogP contribution in [-0.2, 0) is 9.59 Å². The number of rotatable bonds is 0. The Bertz CT molecular complexity index is 573. The van der Waals surface area contributed by atoms with Crippen molar-refractivity contribution in [3.8, 4) is 0 Å². The molecule has 2 heteroatoms. The van der Waals surface area contributed by atoms with Crippen LogP contribution in [0.3, 0.4) is 0 Å². The monoisotopic (exact) mass is 300 g/mol. The van der Waals surface area contributed by atoms with E-state index in [0.717, 1.165) is 18.4 Å². The fraction of sp³-hybridized carbons (Fsp3) is 0.600. The molecule has 2 atom stereocenters. The number of carbonyl (C=O) groups excluding carboxylic acids is 2. The highest BCUT2D eigenvalue weighted by atomic mass is 16.1. The molecule has 120 valence electrons. The second-order valence-electron chi connectivity index (χ2n) is 7.53. The van der Waals surface area contributed by atoms with Crippen LogP contribution in [0, 0.1) is 17.3 Å². The minimum absolute atomic E-state index is 0.121. The van der Waals surface area contributed by atoms with Crippen molar-refractivity contribution in [2.24, 2.45) is 17.3 Å². The van der Waals surface area contributed by atoms with E-state index in [2.05, 4.69) is 32.9 Å². The summed E-state index contributed by atoms with van der Waals surface area (Å²) in [4.78, 5) is 24.3. The van der Waals surface area contributed by atoms with Crippen molar-refractivity contribution in [2.75, 3.05) is 0 Å². The normalized spacial score (nSPS) is 36.9. The van der Waals surface area contributed by atoms with Gasteiger partial charge in [0.25, 0.3) is 0 Å². The molecule has 0 saturated heterocycles. The van der Waals surface area contributed by atoms with Gasteiger partial charge < -0.3 is 0 Å². The van der Waals surface area contributed by atoms with E-state index >= 15 is 0 Å². The summed E-state index contributed by atoms with van der Waals surface area (Å²) in [7, 11) is 0. The molecule has 0 N–H and O–H groups in total. The zero-order chi connectivity index (χ0) is 16.5. The largest absolute Gasteiger partial charge is 0.294 e. The minimum atomic E-state index is 0.121. The summed E-state index contributed by atoms with van der Waals surface area (Å²) in [5.41, 5.74) is 3.15. The molecule has 0 bridgehead atoms. The van der Waals surface area contributed by atoms with Crippen LogP contribution >= 0.6 is 0 Å². The molecule has 0 amide bonds. The van der Waals surface area contributed by atoms with E-state index in [4.69, 9.17) is 0 Å². The minimum Gasteiger partial charge on any atom is -0.294 e. The Kier molecular flexibility index (Phi) is 4.89. The molecule has 0 spiro atoms. The molecule has 0 heterocycles. The first-order chi connectivity index (χ1) is 10.2. The maximum Gasteiger partial charge on any atom is 0.162 e. The Morgan fingerprint density at radius 1 is 0.955 bits per heavy atom. The van der Waals surface area contributed by atoms with Gasteiger partial charge in [0.1, 0.15) is 0 Å². The average Bonchev–Trinajstić information content (AvgIpc) is 2.98. The van der Waals surface area contributed by atoms with Gasteiger partial charge in [-0.25, -0.2) is 0 Å². The Morgan fingerprint density at radius 2 is 1.55 bits per heavy atom. The standard InChI is InChI=1S/C20H28O2/c1-13-6-9-16-17(20(16,4)5)12-15(3)19(22)11-8-14(2)18(21)10-7-13/h7-8,12,16-17H,6,9-11H2,1-5H3/b13-7-,14-8-,15-12-. The summed E-state index contributed by atoms with van der Waals surface area (Å²) in [6.45, 7) is 10.4. The Morgan fingerprint density at radius 3 is 2.23 bits per heavy atom. The quantitative estimate of drug-likeness (QED) is 0.602. The van der Waals surface area contributed by atoms with Crippen LogP contribution in [0.4, 0.5) is 0 Å². The Labute approximate surface area is 134 Å². The lowest BCUT2D eigenvalue weighted by atomic mass is 10.0. The zero-order valence-electron chi connectivity index (χ0n) is 14.5. The van der Waals surface area contributed by atoms with Gasteiger partial charge >= 0.3 is 0 Å². The molecule has 1 fully saturated rings. The first kappa shape index (κ1) is 16.9. The van der Waals surface area contributed by atoms with Gasteiger partial charge in [-0.05, 0) is 62.0 Å². The summed E-state index contributed by atoms with van der Waals surface area (Å²) in [6, 6.07) is 0. The molecule has 0 aromatic rings. The van der Waals surface area contributed by atoms with Crippen molar-refractivity contribution < 1.29 is 9.59 Å². The molecule has 1 saturated carbocycles. The predicted molar refractivity (Wildman–Crippen MR) is 90.5 cm³/mol. The van der Waals surface area contributed by atoms with Crippen LogP contribution in [0.25, 0.3) is 0 Å². The molecule has 2 rings (SSSR count). The van der Waals surface area contributed by atoms with Gasteiger partial charge in [0.15, 0.2) is 11.6 Å². The van der Waals surface area contributed by atoms with E-state index in [1.54, 1.807) is 6.08 Å². The van der Waals surface area contributed by atoms with Gasteiger partial charge in [-0.1, -0.05) is 37.6 Å². The summed E-state index contributed by atoms with van der Waals surface area (Å²) >= 11 is 0. The fourth-order valence-corrected chi connectivity index (χ4v) is 3.47. The van der Waals surface area contributed by atoms with Crippen LogP contribution in [0.15, 0.2) is 34.9 Å². The zero-order valence-corrected chi connectivity index (χ0v) is 14.5. The summed E-state index contributed by atoms with van der Waals surface area (Å²) in [5, 5.41) is 0. The number of carbonyl (C=O) groups is 2. The van der Waals surface area contributed by atoms with E-state index in [0.29, 0.717) is 35.7 Å².